The van der Waals surface area contributed by atoms with Crippen molar-refractivity contribution >= 4 is 5.91 Å². The smallest absolute Gasteiger partial charge is 0.221 e. The minimum absolute atomic E-state index is 0.167. The van der Waals surface area contributed by atoms with Crippen molar-refractivity contribution in [1.82, 2.24) is 20.2 Å². The van der Waals surface area contributed by atoms with Crippen molar-refractivity contribution in [2.24, 2.45) is 0 Å². The molecule has 0 aliphatic carbocycles. The third kappa shape index (κ3) is 4.49. The summed E-state index contributed by atoms with van der Waals surface area (Å²) in [6.45, 7) is 2.70. The first-order chi connectivity index (χ1) is 8.84. The van der Waals surface area contributed by atoms with E-state index in [4.69, 9.17) is 0 Å². The molecule has 1 atom stereocenters. The van der Waals surface area contributed by atoms with Gasteiger partial charge >= 0.3 is 0 Å². The largest absolute Gasteiger partial charge is 0.356 e. The van der Waals surface area contributed by atoms with Crippen molar-refractivity contribution in [1.29, 1.82) is 0 Å². The van der Waals surface area contributed by atoms with E-state index in [-0.39, 0.29) is 5.91 Å². The molecule has 0 radical (unpaired) electrons. The van der Waals surface area contributed by atoms with E-state index in [1.165, 1.54) is 12.8 Å². The molecule has 1 unspecified atom stereocenters. The Morgan fingerprint density at radius 1 is 1.50 bits per heavy atom. The molecule has 1 aliphatic rings. The highest BCUT2D eigenvalue weighted by Gasteiger charge is 2.15. The van der Waals surface area contributed by atoms with Gasteiger partial charge in [-0.25, -0.2) is 4.98 Å². The third-order valence-corrected chi connectivity index (χ3v) is 3.32. The molecule has 1 aliphatic heterocycles. The Balaban J connectivity index is 1.54. The highest BCUT2D eigenvalue weighted by atomic mass is 16.1. The van der Waals surface area contributed by atoms with Crippen LogP contribution >= 0.6 is 0 Å². The first-order valence-electron chi connectivity index (χ1n) is 6.80. The van der Waals surface area contributed by atoms with Gasteiger partial charge < -0.3 is 15.2 Å². The van der Waals surface area contributed by atoms with Crippen LogP contribution in [0.15, 0.2) is 18.7 Å². The molecule has 1 fully saturated rings. The summed E-state index contributed by atoms with van der Waals surface area (Å²) in [5.41, 5.74) is 0. The number of piperidine rings is 1. The fourth-order valence-corrected chi connectivity index (χ4v) is 2.30. The first-order valence-corrected chi connectivity index (χ1v) is 6.80. The van der Waals surface area contributed by atoms with E-state index in [1.54, 1.807) is 12.5 Å². The van der Waals surface area contributed by atoms with Gasteiger partial charge in [0.25, 0.3) is 0 Å². The molecule has 5 heteroatoms. The van der Waals surface area contributed by atoms with Crippen LogP contribution in [0.1, 0.15) is 32.1 Å². The fourth-order valence-electron chi connectivity index (χ4n) is 2.30. The van der Waals surface area contributed by atoms with E-state index in [0.29, 0.717) is 12.5 Å². The lowest BCUT2D eigenvalue weighted by molar-refractivity contribution is -0.121. The van der Waals surface area contributed by atoms with E-state index in [1.807, 2.05) is 10.8 Å². The maximum Gasteiger partial charge on any atom is 0.221 e. The summed E-state index contributed by atoms with van der Waals surface area (Å²) >= 11 is 0. The van der Waals surface area contributed by atoms with Crippen molar-refractivity contribution in [3.05, 3.63) is 18.7 Å². The molecule has 1 aromatic rings. The lowest BCUT2D eigenvalue weighted by Gasteiger charge is -2.22. The molecule has 0 spiro atoms. The second-order valence-corrected chi connectivity index (χ2v) is 4.85. The van der Waals surface area contributed by atoms with Crippen LogP contribution in [0.2, 0.25) is 0 Å². The predicted molar refractivity (Wildman–Crippen MR) is 70.1 cm³/mol. The summed E-state index contributed by atoms with van der Waals surface area (Å²) in [5, 5.41) is 6.37. The SMILES string of the molecule is O=C(CC1CCCCN1)NCCCn1ccnc1. The summed E-state index contributed by atoms with van der Waals surface area (Å²) < 4.78 is 2.02. The molecule has 18 heavy (non-hydrogen) atoms. The third-order valence-electron chi connectivity index (χ3n) is 3.32. The van der Waals surface area contributed by atoms with Gasteiger partial charge in [0.2, 0.25) is 5.91 Å². The molecule has 2 N–H and O–H groups in total. The molecule has 0 aromatic carbocycles. The average molecular weight is 250 g/mol. The standard InChI is InChI=1S/C13H22N4O/c18-13(10-12-4-1-2-5-15-12)16-6-3-8-17-9-7-14-11-17/h7,9,11-12,15H,1-6,8,10H2,(H,16,18). The second-order valence-electron chi connectivity index (χ2n) is 4.85. The maximum atomic E-state index is 11.7. The Morgan fingerprint density at radius 3 is 3.17 bits per heavy atom. The lowest BCUT2D eigenvalue weighted by atomic mass is 10.0. The van der Waals surface area contributed by atoms with Crippen molar-refractivity contribution < 1.29 is 4.79 Å². The highest BCUT2D eigenvalue weighted by Crippen LogP contribution is 2.09. The number of amides is 1. The molecule has 0 bridgehead atoms. The van der Waals surface area contributed by atoms with Gasteiger partial charge in [0.1, 0.15) is 0 Å². The van der Waals surface area contributed by atoms with Crippen LogP contribution in [0.25, 0.3) is 0 Å². The van der Waals surface area contributed by atoms with Gasteiger partial charge in [-0.1, -0.05) is 6.42 Å². The summed E-state index contributed by atoms with van der Waals surface area (Å²) in [7, 11) is 0. The number of hydrogen-bond donors (Lipinski definition) is 2. The molecule has 1 amide bonds. The Bertz CT molecular complexity index is 344. The Kier molecular flexibility index (Phi) is 5.20. The van der Waals surface area contributed by atoms with Gasteiger partial charge in [-0.2, -0.15) is 0 Å². The zero-order chi connectivity index (χ0) is 12.6. The quantitative estimate of drug-likeness (QED) is 0.738. The molecule has 1 saturated heterocycles. The van der Waals surface area contributed by atoms with E-state index >= 15 is 0 Å². The van der Waals surface area contributed by atoms with Crippen LogP contribution in [-0.4, -0.2) is 34.6 Å². The van der Waals surface area contributed by atoms with Gasteiger partial charge in [0.15, 0.2) is 0 Å². The van der Waals surface area contributed by atoms with Gasteiger partial charge in [-0.05, 0) is 25.8 Å². The normalized spacial score (nSPS) is 19.7. The van der Waals surface area contributed by atoms with Gasteiger partial charge in [0.05, 0.1) is 6.33 Å². The average Bonchev–Trinajstić information content (AvgIpc) is 2.89. The molecule has 2 rings (SSSR count). The number of carbonyl (C=O) groups excluding carboxylic acids is 1. The highest BCUT2D eigenvalue weighted by molar-refractivity contribution is 5.76. The Labute approximate surface area is 108 Å². The summed E-state index contributed by atoms with van der Waals surface area (Å²) in [6.07, 6.45) is 10.7. The number of carbonyl (C=O) groups is 1. The topological polar surface area (TPSA) is 59.0 Å². The van der Waals surface area contributed by atoms with Crippen molar-refractivity contribution in [3.63, 3.8) is 0 Å². The molecule has 100 valence electrons. The molecule has 5 nitrogen and oxygen atoms in total. The monoisotopic (exact) mass is 250 g/mol. The van der Waals surface area contributed by atoms with Crippen LogP contribution in [-0.2, 0) is 11.3 Å². The number of hydrogen-bond acceptors (Lipinski definition) is 3. The van der Waals surface area contributed by atoms with E-state index in [9.17, 15) is 4.79 Å². The number of rotatable bonds is 6. The molecular formula is C13H22N4O. The Hall–Kier alpha value is -1.36. The number of aromatic nitrogens is 2. The van der Waals surface area contributed by atoms with Gasteiger partial charge in [-0.15, -0.1) is 0 Å². The van der Waals surface area contributed by atoms with Crippen molar-refractivity contribution in [2.75, 3.05) is 13.1 Å². The minimum Gasteiger partial charge on any atom is -0.356 e. The molecule has 0 saturated carbocycles. The second kappa shape index (κ2) is 7.16. The zero-order valence-electron chi connectivity index (χ0n) is 10.8. The lowest BCUT2D eigenvalue weighted by Crippen LogP contribution is -2.39. The van der Waals surface area contributed by atoms with Crippen LogP contribution in [0.4, 0.5) is 0 Å². The molecular weight excluding hydrogens is 228 g/mol. The van der Waals surface area contributed by atoms with E-state index in [2.05, 4.69) is 15.6 Å². The van der Waals surface area contributed by atoms with Crippen LogP contribution in [0, 0.1) is 0 Å². The number of nitrogens with zero attached hydrogens (tertiary/aromatic N) is 2. The zero-order valence-corrected chi connectivity index (χ0v) is 10.8. The molecule has 2 heterocycles. The maximum absolute atomic E-state index is 11.7. The van der Waals surface area contributed by atoms with Gasteiger partial charge in [-0.3, -0.25) is 4.79 Å². The Morgan fingerprint density at radius 2 is 2.44 bits per heavy atom. The van der Waals surface area contributed by atoms with Gasteiger partial charge in [0, 0.05) is 37.9 Å². The number of imidazole rings is 1. The minimum atomic E-state index is 0.167. The van der Waals surface area contributed by atoms with E-state index in [0.717, 1.165) is 32.5 Å². The van der Waals surface area contributed by atoms with Crippen LogP contribution in [0.3, 0.4) is 0 Å². The number of nitrogens with one attached hydrogen (secondary N) is 2. The van der Waals surface area contributed by atoms with Crippen LogP contribution in [0.5, 0.6) is 0 Å². The fraction of sp³-hybridized carbons (Fsp3) is 0.692. The van der Waals surface area contributed by atoms with Crippen molar-refractivity contribution in [2.45, 2.75) is 44.7 Å². The summed E-state index contributed by atoms with van der Waals surface area (Å²) in [6, 6.07) is 0.382. The van der Waals surface area contributed by atoms with Crippen LogP contribution < -0.4 is 10.6 Å². The van der Waals surface area contributed by atoms with E-state index < -0.39 is 0 Å². The predicted octanol–water partition coefficient (Wildman–Crippen LogP) is 0.922. The van der Waals surface area contributed by atoms with Crippen molar-refractivity contribution in [3.8, 4) is 0 Å². The number of aryl methyl sites for hydroxylation is 1. The molecule has 1 aromatic heterocycles. The first kappa shape index (κ1) is 13.1. The summed E-state index contributed by atoms with van der Waals surface area (Å²) in [4.78, 5) is 15.7. The summed E-state index contributed by atoms with van der Waals surface area (Å²) in [5.74, 6) is 0.167.